The van der Waals surface area contributed by atoms with E-state index in [0.717, 1.165) is 18.9 Å². The monoisotopic (exact) mass is 435 g/mol. The average Bonchev–Trinajstić information content (AvgIpc) is 2.84. The fourth-order valence-electron chi connectivity index (χ4n) is 3.28. The van der Waals surface area contributed by atoms with E-state index in [1.807, 2.05) is 0 Å². The molecule has 3 heterocycles. The summed E-state index contributed by atoms with van der Waals surface area (Å²) in [4.78, 5) is 19.5. The van der Waals surface area contributed by atoms with E-state index in [9.17, 15) is 9.65 Å². The second-order valence-electron chi connectivity index (χ2n) is 7.18. The number of rotatable bonds is 6. The van der Waals surface area contributed by atoms with Crippen molar-refractivity contribution in [2.45, 2.75) is 13.1 Å². The second kappa shape index (κ2) is 9.64. The Kier molecular flexibility index (Phi) is 6.49. The molecular weight excluding hydrogens is 413 g/mol. The van der Waals surface area contributed by atoms with Crippen molar-refractivity contribution >= 4 is 5.82 Å². The zero-order valence-electron chi connectivity index (χ0n) is 17.5. The number of halogens is 1. The molecule has 1 fully saturated rings. The van der Waals surface area contributed by atoms with Gasteiger partial charge in [-0.1, -0.05) is 0 Å². The zero-order valence-corrected chi connectivity index (χ0v) is 17.5. The lowest BCUT2D eigenvalue weighted by atomic mass is 10.1. The summed E-state index contributed by atoms with van der Waals surface area (Å²) in [6.45, 7) is 4.35. The van der Waals surface area contributed by atoms with Gasteiger partial charge in [-0.25, -0.2) is 19.3 Å². The third-order valence-electron chi connectivity index (χ3n) is 4.94. The van der Waals surface area contributed by atoms with Crippen molar-refractivity contribution in [1.82, 2.24) is 19.9 Å². The molecule has 0 amide bonds. The smallest absolute Gasteiger partial charge is 0.224 e. The molecule has 9 nitrogen and oxygen atoms in total. The van der Waals surface area contributed by atoms with Crippen LogP contribution in [0, 0.1) is 18.3 Å². The number of aryl methyl sites for hydroxylation is 1. The van der Waals surface area contributed by atoms with Gasteiger partial charge in [0, 0.05) is 43.7 Å². The number of ether oxygens (including phenoxy) is 2. The molecule has 0 aliphatic carbocycles. The highest BCUT2D eigenvalue weighted by Crippen LogP contribution is 2.33. The fraction of sp³-hybridized carbons (Fsp3) is 0.318. The molecule has 164 valence electrons. The van der Waals surface area contributed by atoms with Crippen LogP contribution in [0.1, 0.15) is 23.1 Å². The summed E-state index contributed by atoms with van der Waals surface area (Å²) in [6, 6.07) is 8.77. The molecule has 10 heteroatoms. The van der Waals surface area contributed by atoms with E-state index in [1.54, 1.807) is 31.2 Å². The first-order valence-corrected chi connectivity index (χ1v) is 10.1. The number of anilines is 1. The number of hydrogen-bond acceptors (Lipinski definition) is 9. The molecule has 1 aliphatic heterocycles. The number of alkyl halides is 1. The van der Waals surface area contributed by atoms with Crippen LogP contribution in [0.4, 0.5) is 10.2 Å². The molecule has 0 spiro atoms. The molecule has 0 radical (unpaired) electrons. The largest absolute Gasteiger partial charge is 0.438 e. The van der Waals surface area contributed by atoms with Crippen LogP contribution in [0.3, 0.4) is 0 Å². The molecule has 2 N–H and O–H groups in total. The van der Waals surface area contributed by atoms with E-state index in [2.05, 4.69) is 30.9 Å². The molecule has 4 rings (SSSR count). The summed E-state index contributed by atoms with van der Waals surface area (Å²) in [5, 5.41) is 9.34. The van der Waals surface area contributed by atoms with Crippen LogP contribution in [-0.4, -0.2) is 52.8 Å². The highest BCUT2D eigenvalue weighted by Gasteiger charge is 2.17. The maximum absolute atomic E-state index is 13.8. The SMILES string of the molecule is Cc1nc(Oc2cc(C#N)ccc2-c2ncc([C@H](F)CN)cn2)cc(N2CCOCC2)n1. The standard InChI is InChI=1S/C22H22FN7O2/c1-14-28-20(30-4-6-31-7-5-30)9-21(29-14)32-19-8-15(10-24)2-3-17(19)22-26-12-16(13-27-22)18(23)11-25/h2-3,8-9,12-13,18H,4-7,11,25H2,1H3/t18-/m1/s1. The minimum Gasteiger partial charge on any atom is -0.438 e. The Morgan fingerprint density at radius 1 is 1.22 bits per heavy atom. The Hall–Kier alpha value is -3.68. The van der Waals surface area contributed by atoms with Gasteiger partial charge in [-0.05, 0) is 25.1 Å². The van der Waals surface area contributed by atoms with Gasteiger partial charge in [0.25, 0.3) is 0 Å². The molecule has 2 aromatic heterocycles. The first kappa shape index (κ1) is 21.5. The predicted molar refractivity (Wildman–Crippen MR) is 115 cm³/mol. The molecule has 0 saturated carbocycles. The first-order valence-electron chi connectivity index (χ1n) is 10.1. The molecule has 32 heavy (non-hydrogen) atoms. The summed E-state index contributed by atoms with van der Waals surface area (Å²) in [7, 11) is 0. The molecule has 1 atom stereocenters. The summed E-state index contributed by atoms with van der Waals surface area (Å²) in [5.41, 5.74) is 6.62. The first-order chi connectivity index (χ1) is 15.6. The number of morpholine rings is 1. The van der Waals surface area contributed by atoms with Crippen molar-refractivity contribution in [1.29, 1.82) is 5.26 Å². The van der Waals surface area contributed by atoms with Crippen molar-refractivity contribution in [3.05, 3.63) is 53.6 Å². The van der Waals surface area contributed by atoms with Crippen LogP contribution in [0.25, 0.3) is 11.4 Å². The molecule has 0 unspecified atom stereocenters. The summed E-state index contributed by atoms with van der Waals surface area (Å²) >= 11 is 0. The lowest BCUT2D eigenvalue weighted by Crippen LogP contribution is -2.36. The molecule has 3 aromatic rings. The molecule has 1 aliphatic rings. The van der Waals surface area contributed by atoms with Crippen molar-refractivity contribution in [2.75, 3.05) is 37.7 Å². The van der Waals surface area contributed by atoms with Gasteiger partial charge < -0.3 is 20.1 Å². The van der Waals surface area contributed by atoms with Crippen molar-refractivity contribution in [2.24, 2.45) is 5.73 Å². The van der Waals surface area contributed by atoms with E-state index < -0.39 is 6.17 Å². The highest BCUT2D eigenvalue weighted by molar-refractivity contribution is 5.66. The topological polar surface area (TPSA) is 123 Å². The summed E-state index contributed by atoms with van der Waals surface area (Å²) in [5.74, 6) is 2.32. The summed E-state index contributed by atoms with van der Waals surface area (Å²) in [6.07, 6.45) is 1.46. The second-order valence-corrected chi connectivity index (χ2v) is 7.18. The maximum Gasteiger partial charge on any atom is 0.224 e. The lowest BCUT2D eigenvalue weighted by molar-refractivity contribution is 0.122. The van der Waals surface area contributed by atoms with E-state index in [1.165, 1.54) is 12.4 Å². The number of aromatic nitrogens is 4. The van der Waals surface area contributed by atoms with Gasteiger partial charge in [0.2, 0.25) is 5.88 Å². The van der Waals surface area contributed by atoms with Crippen LogP contribution >= 0.6 is 0 Å². The van der Waals surface area contributed by atoms with Gasteiger partial charge in [-0.15, -0.1) is 0 Å². The van der Waals surface area contributed by atoms with Gasteiger partial charge in [-0.3, -0.25) is 0 Å². The van der Waals surface area contributed by atoms with Gasteiger partial charge >= 0.3 is 0 Å². The van der Waals surface area contributed by atoms with Crippen LogP contribution in [0.5, 0.6) is 11.6 Å². The summed E-state index contributed by atoms with van der Waals surface area (Å²) < 4.78 is 25.3. The van der Waals surface area contributed by atoms with Crippen molar-refractivity contribution in [3.63, 3.8) is 0 Å². The number of nitrogens with two attached hydrogens (primary N) is 1. The van der Waals surface area contributed by atoms with Crippen molar-refractivity contribution in [3.8, 4) is 29.1 Å². The maximum atomic E-state index is 13.8. The third kappa shape index (κ3) is 4.80. The Morgan fingerprint density at radius 2 is 1.97 bits per heavy atom. The molecule has 0 bridgehead atoms. The van der Waals surface area contributed by atoms with Crippen LogP contribution in [0.15, 0.2) is 36.7 Å². The average molecular weight is 435 g/mol. The van der Waals surface area contributed by atoms with Gasteiger partial charge in [-0.2, -0.15) is 10.2 Å². The van der Waals surface area contributed by atoms with Crippen LogP contribution in [-0.2, 0) is 4.74 Å². The van der Waals surface area contributed by atoms with Crippen molar-refractivity contribution < 1.29 is 13.9 Å². The van der Waals surface area contributed by atoms with Crippen LogP contribution < -0.4 is 15.4 Å². The van der Waals surface area contributed by atoms with Gasteiger partial charge in [0.05, 0.1) is 30.4 Å². The number of nitrogens with zero attached hydrogens (tertiary/aromatic N) is 6. The predicted octanol–water partition coefficient (Wildman–Crippen LogP) is 2.71. The van der Waals surface area contributed by atoms with E-state index in [-0.39, 0.29) is 6.54 Å². The van der Waals surface area contributed by atoms with Gasteiger partial charge in [0.15, 0.2) is 5.82 Å². The Bertz CT molecular complexity index is 1130. The normalized spacial score (nSPS) is 14.6. The zero-order chi connectivity index (χ0) is 22.5. The number of nitriles is 1. The number of benzene rings is 1. The highest BCUT2D eigenvalue weighted by atomic mass is 19.1. The quantitative estimate of drug-likeness (QED) is 0.622. The minimum atomic E-state index is -1.33. The van der Waals surface area contributed by atoms with E-state index in [4.69, 9.17) is 15.2 Å². The van der Waals surface area contributed by atoms with Crippen LogP contribution in [0.2, 0.25) is 0 Å². The molecule has 1 saturated heterocycles. The van der Waals surface area contributed by atoms with E-state index >= 15 is 0 Å². The Labute approximate surface area is 184 Å². The molecule has 1 aromatic carbocycles. The Morgan fingerprint density at radius 3 is 2.66 bits per heavy atom. The van der Waals surface area contributed by atoms with Gasteiger partial charge in [0.1, 0.15) is 23.6 Å². The molecular formula is C22H22FN7O2. The Balaban J connectivity index is 1.68. The minimum absolute atomic E-state index is 0.146. The fourth-order valence-corrected chi connectivity index (χ4v) is 3.28. The lowest BCUT2D eigenvalue weighted by Gasteiger charge is -2.28. The third-order valence-corrected chi connectivity index (χ3v) is 4.94. The number of hydrogen-bond donors (Lipinski definition) is 1. The van der Waals surface area contributed by atoms with E-state index in [0.29, 0.717) is 53.2 Å².